The normalized spacial score (nSPS) is 12.2. The van der Waals surface area contributed by atoms with Crippen LogP contribution in [0.15, 0.2) is 34.8 Å². The topological polar surface area (TPSA) is 81.9 Å². The van der Waals surface area contributed by atoms with Crippen molar-refractivity contribution in [2.45, 2.75) is 45.0 Å². The van der Waals surface area contributed by atoms with E-state index in [1.807, 2.05) is 30.7 Å². The summed E-state index contributed by atoms with van der Waals surface area (Å²) in [5.74, 6) is 0.303. The maximum Gasteiger partial charge on any atom is 0.236 e. The molecule has 2 aromatic heterocycles. The van der Waals surface area contributed by atoms with E-state index >= 15 is 0 Å². The molecule has 2 heterocycles. The van der Waals surface area contributed by atoms with Crippen LogP contribution < -0.4 is 10.1 Å². The molecule has 0 aliphatic heterocycles. The summed E-state index contributed by atoms with van der Waals surface area (Å²) < 4.78 is 21.5. The minimum Gasteiger partial charge on any atom is -0.480 e. The number of thioether (sulfide) groups is 1. The average molecular weight is 436 g/mol. The predicted octanol–water partition coefficient (Wildman–Crippen LogP) is 4.63. The molecule has 3 rings (SSSR count). The Hall–Kier alpha value is -2.46. The van der Waals surface area contributed by atoms with Gasteiger partial charge in [0.2, 0.25) is 5.91 Å². The van der Waals surface area contributed by atoms with E-state index in [9.17, 15) is 9.18 Å². The molecule has 0 aliphatic carbocycles. The Morgan fingerprint density at radius 2 is 2.07 bits per heavy atom. The van der Waals surface area contributed by atoms with Gasteiger partial charge >= 0.3 is 0 Å². The largest absolute Gasteiger partial charge is 0.480 e. The first-order chi connectivity index (χ1) is 13.8. The molecule has 154 valence electrons. The van der Waals surface area contributed by atoms with Crippen molar-refractivity contribution in [3.63, 3.8) is 0 Å². The molecule has 7 nitrogen and oxygen atoms in total. The fourth-order valence-electron chi connectivity index (χ4n) is 2.63. The highest BCUT2D eigenvalue weighted by molar-refractivity contribution is 7.99. The third kappa shape index (κ3) is 5.33. The standard InChI is InChI=1S/C19H22FN5O2S2/c1-11(2)25-17(13(4)27-15-8-6-5-7-14(15)20)23-24-19(25)29-10-16(26)22-18-21-12(3)9-28-18/h5-9,11,13H,10H2,1-4H3,(H,21,22,26). The van der Waals surface area contributed by atoms with Gasteiger partial charge in [-0.2, -0.15) is 0 Å². The van der Waals surface area contributed by atoms with Gasteiger partial charge in [0.25, 0.3) is 0 Å². The molecule has 1 amide bonds. The third-order valence-corrected chi connectivity index (χ3v) is 5.73. The van der Waals surface area contributed by atoms with Crippen molar-refractivity contribution < 1.29 is 13.9 Å². The first-order valence-electron chi connectivity index (χ1n) is 9.06. The smallest absolute Gasteiger partial charge is 0.236 e. The van der Waals surface area contributed by atoms with Crippen LogP contribution >= 0.6 is 23.1 Å². The SMILES string of the molecule is Cc1csc(NC(=O)CSc2nnc(C(C)Oc3ccccc3F)n2C(C)C)n1. The van der Waals surface area contributed by atoms with Crippen molar-refractivity contribution in [1.29, 1.82) is 0 Å². The number of amides is 1. The van der Waals surface area contributed by atoms with Crippen LogP contribution in [0.3, 0.4) is 0 Å². The number of aromatic nitrogens is 4. The summed E-state index contributed by atoms with van der Waals surface area (Å²) in [6.07, 6.45) is -0.511. The van der Waals surface area contributed by atoms with Crippen molar-refractivity contribution in [3.8, 4) is 5.75 Å². The number of ether oxygens (including phenoxy) is 1. The molecule has 0 fully saturated rings. The van der Waals surface area contributed by atoms with Gasteiger partial charge in [-0.25, -0.2) is 9.37 Å². The molecule has 1 unspecified atom stereocenters. The molecule has 0 spiro atoms. The van der Waals surface area contributed by atoms with Gasteiger partial charge in [-0.1, -0.05) is 23.9 Å². The number of thiazole rings is 1. The van der Waals surface area contributed by atoms with Crippen molar-refractivity contribution in [2.75, 3.05) is 11.1 Å². The summed E-state index contributed by atoms with van der Waals surface area (Å²) in [6.45, 7) is 7.65. The number of halogens is 1. The van der Waals surface area contributed by atoms with E-state index in [0.29, 0.717) is 16.1 Å². The average Bonchev–Trinajstić information content (AvgIpc) is 3.28. The zero-order valence-corrected chi connectivity index (χ0v) is 18.2. The number of carbonyl (C=O) groups excluding carboxylic acids is 1. The Labute approximate surface area is 176 Å². The lowest BCUT2D eigenvalue weighted by molar-refractivity contribution is -0.113. The summed E-state index contributed by atoms with van der Waals surface area (Å²) >= 11 is 2.67. The molecule has 1 aromatic carbocycles. The van der Waals surface area contributed by atoms with Crippen LogP contribution in [-0.4, -0.2) is 31.4 Å². The van der Waals surface area contributed by atoms with Gasteiger partial charge in [-0.15, -0.1) is 21.5 Å². The van der Waals surface area contributed by atoms with Gasteiger partial charge in [0.1, 0.15) is 0 Å². The summed E-state index contributed by atoms with van der Waals surface area (Å²) in [7, 11) is 0. The minimum absolute atomic E-state index is 0.0406. The first-order valence-corrected chi connectivity index (χ1v) is 10.9. The van der Waals surface area contributed by atoms with Crippen molar-refractivity contribution in [1.82, 2.24) is 19.7 Å². The maximum absolute atomic E-state index is 13.9. The highest BCUT2D eigenvalue weighted by atomic mass is 32.2. The molecule has 3 aromatic rings. The van der Waals surface area contributed by atoms with E-state index in [4.69, 9.17) is 4.74 Å². The van der Waals surface area contributed by atoms with Gasteiger partial charge in [0.05, 0.1) is 11.4 Å². The number of rotatable bonds is 8. The second kappa shape index (κ2) is 9.36. The lowest BCUT2D eigenvalue weighted by atomic mass is 10.3. The number of hydrogen-bond acceptors (Lipinski definition) is 7. The fraction of sp³-hybridized carbons (Fsp3) is 0.368. The van der Waals surface area contributed by atoms with E-state index in [2.05, 4.69) is 20.5 Å². The lowest BCUT2D eigenvalue weighted by Crippen LogP contribution is -2.16. The quantitative estimate of drug-likeness (QED) is 0.520. The highest BCUT2D eigenvalue weighted by Gasteiger charge is 2.23. The third-order valence-electron chi connectivity index (χ3n) is 3.91. The van der Waals surface area contributed by atoms with Crippen LogP contribution in [0, 0.1) is 12.7 Å². The summed E-state index contributed by atoms with van der Waals surface area (Å²) in [6, 6.07) is 6.28. The van der Waals surface area contributed by atoms with Crippen LogP contribution in [0.2, 0.25) is 0 Å². The van der Waals surface area contributed by atoms with E-state index in [1.165, 1.54) is 29.2 Å². The molecule has 29 heavy (non-hydrogen) atoms. The number of nitrogens with zero attached hydrogens (tertiary/aromatic N) is 4. The second-order valence-electron chi connectivity index (χ2n) is 6.63. The zero-order chi connectivity index (χ0) is 21.0. The summed E-state index contributed by atoms with van der Waals surface area (Å²) in [4.78, 5) is 16.4. The van der Waals surface area contributed by atoms with E-state index in [-0.39, 0.29) is 23.5 Å². The molecule has 1 atom stereocenters. The van der Waals surface area contributed by atoms with Gasteiger partial charge in [0.15, 0.2) is 33.8 Å². The first kappa shape index (κ1) is 21.3. The molecule has 0 aliphatic rings. The van der Waals surface area contributed by atoms with Gasteiger partial charge < -0.3 is 14.6 Å². The van der Waals surface area contributed by atoms with Gasteiger partial charge in [-0.05, 0) is 39.8 Å². The number of carbonyl (C=O) groups is 1. The van der Waals surface area contributed by atoms with Crippen LogP contribution in [0.5, 0.6) is 5.75 Å². The second-order valence-corrected chi connectivity index (χ2v) is 8.43. The molecule has 1 N–H and O–H groups in total. The van der Waals surface area contributed by atoms with Gasteiger partial charge in [-0.3, -0.25) is 4.79 Å². The fourth-order valence-corrected chi connectivity index (χ4v) is 4.21. The maximum atomic E-state index is 13.9. The number of anilines is 1. The Bertz CT molecular complexity index is 989. The van der Waals surface area contributed by atoms with E-state index in [1.54, 1.807) is 25.1 Å². The number of para-hydroxylation sites is 1. The Balaban J connectivity index is 1.69. The van der Waals surface area contributed by atoms with Gasteiger partial charge in [0, 0.05) is 11.4 Å². The van der Waals surface area contributed by atoms with Crippen molar-refractivity contribution in [2.24, 2.45) is 0 Å². The molecule has 10 heteroatoms. The Morgan fingerprint density at radius 1 is 1.31 bits per heavy atom. The molecular weight excluding hydrogens is 413 g/mol. The Kier molecular flexibility index (Phi) is 6.86. The number of aryl methyl sites for hydroxylation is 1. The Morgan fingerprint density at radius 3 is 2.72 bits per heavy atom. The molecule has 0 saturated heterocycles. The van der Waals surface area contributed by atoms with Crippen molar-refractivity contribution >= 4 is 34.1 Å². The minimum atomic E-state index is -0.511. The monoisotopic (exact) mass is 435 g/mol. The molecule has 0 bridgehead atoms. The van der Waals surface area contributed by atoms with Crippen molar-refractivity contribution in [3.05, 3.63) is 47.0 Å². The molecule has 0 saturated carbocycles. The highest BCUT2D eigenvalue weighted by Crippen LogP contribution is 2.28. The number of hydrogen-bond donors (Lipinski definition) is 1. The predicted molar refractivity (Wildman–Crippen MR) is 112 cm³/mol. The van der Waals surface area contributed by atoms with Crippen LogP contribution in [0.1, 0.15) is 44.4 Å². The summed E-state index contributed by atoms with van der Waals surface area (Å²) in [5, 5.41) is 14.3. The summed E-state index contributed by atoms with van der Waals surface area (Å²) in [5.41, 5.74) is 0.867. The number of nitrogens with one attached hydrogen (secondary N) is 1. The molecule has 0 radical (unpaired) electrons. The lowest BCUT2D eigenvalue weighted by Gasteiger charge is -2.19. The zero-order valence-electron chi connectivity index (χ0n) is 16.5. The van der Waals surface area contributed by atoms with Crippen LogP contribution in [0.25, 0.3) is 0 Å². The van der Waals surface area contributed by atoms with E-state index in [0.717, 1.165) is 5.69 Å². The van der Waals surface area contributed by atoms with Crippen LogP contribution in [0.4, 0.5) is 9.52 Å². The molecular formula is C19H22FN5O2S2. The van der Waals surface area contributed by atoms with Crippen LogP contribution in [-0.2, 0) is 4.79 Å². The number of benzene rings is 1. The van der Waals surface area contributed by atoms with E-state index < -0.39 is 11.9 Å².